The van der Waals surface area contributed by atoms with Crippen molar-refractivity contribution in [1.82, 2.24) is 5.32 Å². The molecule has 6 heteroatoms. The molecule has 1 saturated carbocycles. The quantitative estimate of drug-likeness (QED) is 0.651. The number of ether oxygens (including phenoxy) is 1. The minimum absolute atomic E-state index is 0.236. The average molecular weight is 283 g/mol. The molecule has 5 nitrogen and oxygen atoms in total. The van der Waals surface area contributed by atoms with Gasteiger partial charge in [-0.3, -0.25) is 4.79 Å². The third-order valence-corrected chi connectivity index (χ3v) is 3.15. The molecule has 1 fully saturated rings. The zero-order valence-electron chi connectivity index (χ0n) is 10.5. The molecule has 1 aromatic carbocycles. The topological polar surface area (TPSA) is 81.4 Å². The van der Waals surface area contributed by atoms with Crippen LogP contribution in [0.1, 0.15) is 30.1 Å². The summed E-state index contributed by atoms with van der Waals surface area (Å²) in [7, 11) is 0. The highest BCUT2D eigenvalue weighted by molar-refractivity contribution is 6.33. The number of anilines is 1. The van der Waals surface area contributed by atoms with Gasteiger partial charge in [0.05, 0.1) is 16.3 Å². The number of hydrogen-bond donors (Lipinski definition) is 2. The van der Waals surface area contributed by atoms with Gasteiger partial charge in [-0.05, 0) is 38.0 Å². The molecule has 0 aliphatic heterocycles. The highest BCUT2D eigenvalue weighted by Crippen LogP contribution is 2.21. The number of nitrogens with two attached hydrogens (primary N) is 1. The summed E-state index contributed by atoms with van der Waals surface area (Å²) in [5, 5.41) is 3.14. The molecule has 1 aliphatic carbocycles. The molecule has 0 radical (unpaired) electrons. The van der Waals surface area contributed by atoms with E-state index in [9.17, 15) is 9.59 Å². The van der Waals surface area contributed by atoms with Crippen LogP contribution in [0.3, 0.4) is 0 Å². The highest BCUT2D eigenvalue weighted by Gasteiger charge is 2.27. The van der Waals surface area contributed by atoms with Crippen molar-refractivity contribution in [3.8, 4) is 0 Å². The molecule has 0 spiro atoms. The Labute approximate surface area is 116 Å². The monoisotopic (exact) mass is 282 g/mol. The van der Waals surface area contributed by atoms with Crippen molar-refractivity contribution in [2.24, 2.45) is 0 Å². The van der Waals surface area contributed by atoms with Crippen LogP contribution in [0.15, 0.2) is 18.2 Å². The van der Waals surface area contributed by atoms with E-state index in [4.69, 9.17) is 22.1 Å². The third-order valence-electron chi connectivity index (χ3n) is 2.81. The first-order valence-electron chi connectivity index (χ1n) is 6.03. The Morgan fingerprint density at radius 1 is 1.47 bits per heavy atom. The van der Waals surface area contributed by atoms with Crippen molar-refractivity contribution in [2.75, 3.05) is 5.73 Å². The largest absolute Gasteiger partial charge is 0.449 e. The predicted molar refractivity (Wildman–Crippen MR) is 71.9 cm³/mol. The number of nitrogen functional groups attached to an aromatic ring is 1. The summed E-state index contributed by atoms with van der Waals surface area (Å²) in [5.74, 6) is -0.875. The lowest BCUT2D eigenvalue weighted by Gasteiger charge is -2.13. The van der Waals surface area contributed by atoms with E-state index < -0.39 is 12.1 Å². The molecule has 0 aromatic heterocycles. The van der Waals surface area contributed by atoms with Crippen LogP contribution in [0.4, 0.5) is 5.69 Å². The Morgan fingerprint density at radius 2 is 2.16 bits per heavy atom. The number of nitrogens with one attached hydrogen (secondary N) is 1. The second-order valence-electron chi connectivity index (χ2n) is 4.57. The maximum absolute atomic E-state index is 11.8. The molecule has 1 unspecified atom stereocenters. The number of esters is 1. The Bertz CT molecular complexity index is 515. The Morgan fingerprint density at radius 3 is 2.74 bits per heavy atom. The van der Waals surface area contributed by atoms with Crippen LogP contribution < -0.4 is 11.1 Å². The summed E-state index contributed by atoms with van der Waals surface area (Å²) in [6.07, 6.45) is 1.14. The lowest BCUT2D eigenvalue weighted by molar-refractivity contribution is -0.129. The van der Waals surface area contributed by atoms with E-state index in [-0.39, 0.29) is 17.5 Å². The normalized spacial score (nSPS) is 15.7. The molecule has 2 rings (SSSR count). The summed E-state index contributed by atoms with van der Waals surface area (Å²) < 4.78 is 5.07. The molecule has 3 N–H and O–H groups in total. The Kier molecular flexibility index (Phi) is 3.95. The van der Waals surface area contributed by atoms with E-state index in [0.29, 0.717) is 10.7 Å². The molecular weight excluding hydrogens is 268 g/mol. The Balaban J connectivity index is 1.95. The SMILES string of the molecule is CC(OC(=O)c1ccc(Cl)c(N)c1)C(=O)NC1CC1. The fourth-order valence-corrected chi connectivity index (χ4v) is 1.62. The van der Waals surface area contributed by atoms with Gasteiger partial charge in [0, 0.05) is 6.04 Å². The van der Waals surface area contributed by atoms with Crippen molar-refractivity contribution in [1.29, 1.82) is 0 Å². The smallest absolute Gasteiger partial charge is 0.338 e. The number of rotatable bonds is 4. The summed E-state index contributed by atoms with van der Waals surface area (Å²) >= 11 is 5.76. The maximum atomic E-state index is 11.8. The first-order chi connectivity index (χ1) is 8.97. The van der Waals surface area contributed by atoms with Gasteiger partial charge < -0.3 is 15.8 Å². The van der Waals surface area contributed by atoms with Crippen molar-refractivity contribution in [2.45, 2.75) is 31.9 Å². The molecule has 1 atom stereocenters. The van der Waals surface area contributed by atoms with Crippen molar-refractivity contribution in [3.63, 3.8) is 0 Å². The van der Waals surface area contributed by atoms with Crippen LogP contribution >= 0.6 is 11.6 Å². The first kappa shape index (κ1) is 13.7. The molecular formula is C13H15ClN2O3. The second-order valence-corrected chi connectivity index (χ2v) is 4.97. The first-order valence-corrected chi connectivity index (χ1v) is 6.41. The van der Waals surface area contributed by atoms with Gasteiger partial charge in [0.25, 0.3) is 5.91 Å². The highest BCUT2D eigenvalue weighted by atomic mass is 35.5. The van der Waals surface area contributed by atoms with Crippen LogP contribution in [0.25, 0.3) is 0 Å². The Hall–Kier alpha value is -1.75. The summed E-state index contributed by atoms with van der Waals surface area (Å²) in [5.41, 5.74) is 6.17. The van der Waals surface area contributed by atoms with Gasteiger partial charge in [0.15, 0.2) is 6.10 Å². The molecule has 0 saturated heterocycles. The molecule has 1 aliphatic rings. The second kappa shape index (κ2) is 5.48. The zero-order chi connectivity index (χ0) is 14.0. The lowest BCUT2D eigenvalue weighted by Crippen LogP contribution is -2.37. The molecule has 102 valence electrons. The third kappa shape index (κ3) is 3.61. The minimum atomic E-state index is -0.829. The van der Waals surface area contributed by atoms with E-state index >= 15 is 0 Å². The van der Waals surface area contributed by atoms with Gasteiger partial charge in [-0.2, -0.15) is 0 Å². The van der Waals surface area contributed by atoms with Gasteiger partial charge >= 0.3 is 5.97 Å². The molecule has 19 heavy (non-hydrogen) atoms. The fourth-order valence-electron chi connectivity index (χ4n) is 1.50. The standard InChI is InChI=1S/C13H15ClN2O3/c1-7(12(17)16-9-3-4-9)19-13(18)8-2-5-10(14)11(15)6-8/h2,5-7,9H,3-4,15H2,1H3,(H,16,17). The van der Waals surface area contributed by atoms with E-state index in [0.717, 1.165) is 12.8 Å². The molecule has 0 heterocycles. The fraction of sp³-hybridized carbons (Fsp3) is 0.385. The van der Waals surface area contributed by atoms with E-state index in [1.54, 1.807) is 0 Å². The van der Waals surface area contributed by atoms with E-state index in [1.165, 1.54) is 25.1 Å². The maximum Gasteiger partial charge on any atom is 0.338 e. The predicted octanol–water partition coefficient (Wildman–Crippen LogP) is 1.75. The van der Waals surface area contributed by atoms with Crippen LogP contribution in [0.2, 0.25) is 5.02 Å². The molecule has 1 amide bonds. The van der Waals surface area contributed by atoms with Gasteiger partial charge in [0.2, 0.25) is 0 Å². The van der Waals surface area contributed by atoms with Gasteiger partial charge in [-0.25, -0.2) is 4.79 Å². The molecule has 0 bridgehead atoms. The summed E-state index contributed by atoms with van der Waals surface area (Å²) in [6.45, 7) is 1.54. The van der Waals surface area contributed by atoms with Gasteiger partial charge in [-0.15, -0.1) is 0 Å². The molecule has 1 aromatic rings. The van der Waals surface area contributed by atoms with E-state index in [2.05, 4.69) is 5.32 Å². The number of amides is 1. The van der Waals surface area contributed by atoms with E-state index in [1.807, 2.05) is 0 Å². The number of carbonyl (C=O) groups is 2. The number of benzene rings is 1. The minimum Gasteiger partial charge on any atom is -0.449 e. The zero-order valence-corrected chi connectivity index (χ0v) is 11.2. The average Bonchev–Trinajstić information content (AvgIpc) is 3.16. The van der Waals surface area contributed by atoms with Gasteiger partial charge in [-0.1, -0.05) is 11.6 Å². The summed E-state index contributed by atoms with van der Waals surface area (Å²) in [6, 6.07) is 4.69. The number of halogens is 1. The van der Waals surface area contributed by atoms with Crippen LogP contribution in [0, 0.1) is 0 Å². The van der Waals surface area contributed by atoms with Crippen LogP contribution in [-0.4, -0.2) is 24.0 Å². The van der Waals surface area contributed by atoms with Crippen LogP contribution in [0.5, 0.6) is 0 Å². The van der Waals surface area contributed by atoms with Crippen molar-refractivity contribution in [3.05, 3.63) is 28.8 Å². The lowest BCUT2D eigenvalue weighted by atomic mass is 10.2. The van der Waals surface area contributed by atoms with Gasteiger partial charge in [0.1, 0.15) is 0 Å². The summed E-state index contributed by atoms with van der Waals surface area (Å²) in [4.78, 5) is 23.5. The van der Waals surface area contributed by atoms with Crippen molar-refractivity contribution < 1.29 is 14.3 Å². The van der Waals surface area contributed by atoms with Crippen LogP contribution in [-0.2, 0) is 9.53 Å². The number of hydrogen-bond acceptors (Lipinski definition) is 4. The van der Waals surface area contributed by atoms with Crippen molar-refractivity contribution >= 4 is 29.2 Å². The number of carbonyl (C=O) groups excluding carboxylic acids is 2.